The number of hydrogen-bond acceptors (Lipinski definition) is 6. The molecule has 1 saturated heterocycles. The maximum atomic E-state index is 13.0. The van der Waals surface area contributed by atoms with Gasteiger partial charge in [-0.1, -0.05) is 61.5 Å². The number of benzene rings is 2. The molecule has 4 saturated carbocycles. The first kappa shape index (κ1) is 32.3. The minimum atomic E-state index is -0.524. The second kappa shape index (κ2) is 14.0. The Morgan fingerprint density at radius 3 is 2.21 bits per heavy atom. The van der Waals surface area contributed by atoms with Crippen molar-refractivity contribution in [2.24, 2.45) is 23.7 Å². The second-order valence-electron chi connectivity index (χ2n) is 14.9. The molecule has 4 atom stereocenters. The summed E-state index contributed by atoms with van der Waals surface area (Å²) < 4.78 is 13.3. The number of carbonyl (C=O) groups excluding carboxylic acids is 1. The fraction of sp³-hybridized carbons (Fsp3) is 0.538. The van der Waals surface area contributed by atoms with Crippen LogP contribution in [0.1, 0.15) is 85.8 Å². The van der Waals surface area contributed by atoms with E-state index in [0.29, 0.717) is 6.54 Å². The van der Waals surface area contributed by atoms with Gasteiger partial charge in [-0.25, -0.2) is 4.79 Å². The Hall–Kier alpha value is -3.30. The van der Waals surface area contributed by atoms with Crippen LogP contribution >= 0.6 is 0 Å². The molecule has 4 unspecified atom stereocenters. The monoisotopic (exact) mass is 638 g/mol. The number of rotatable bonds is 11. The van der Waals surface area contributed by atoms with Gasteiger partial charge in [0.25, 0.3) is 0 Å². The maximum Gasteiger partial charge on any atom is 0.315 e. The number of urea groups is 1. The highest BCUT2D eigenvalue weighted by Gasteiger charge is 2.51. The Bertz CT molecular complexity index is 1450. The molecule has 0 radical (unpaired) electrons. The van der Waals surface area contributed by atoms with Crippen LogP contribution in [0.15, 0.2) is 72.9 Å². The average molecular weight is 639 g/mol. The molecule has 5 fully saturated rings. The first-order valence-corrected chi connectivity index (χ1v) is 17.6. The number of likely N-dealkylation sites (N-methyl/N-ethyl adjacent to an activating group) is 1. The van der Waals surface area contributed by atoms with Gasteiger partial charge < -0.3 is 30.1 Å². The van der Waals surface area contributed by atoms with Crippen molar-refractivity contribution in [2.75, 3.05) is 20.1 Å². The molecule has 2 heterocycles. The van der Waals surface area contributed by atoms with Gasteiger partial charge in [0.15, 0.2) is 6.29 Å². The fourth-order valence-electron chi connectivity index (χ4n) is 9.10. The topological polar surface area (TPSA) is 96.0 Å². The Kier molecular flexibility index (Phi) is 9.64. The zero-order valence-corrected chi connectivity index (χ0v) is 27.8. The molecule has 2 amide bonds. The summed E-state index contributed by atoms with van der Waals surface area (Å²) in [6, 6.07) is 22.3. The predicted molar refractivity (Wildman–Crippen MR) is 181 cm³/mol. The van der Waals surface area contributed by atoms with E-state index in [1.54, 1.807) is 0 Å². The number of nitrogens with zero attached hydrogens (tertiary/aromatic N) is 2. The summed E-state index contributed by atoms with van der Waals surface area (Å²) in [5.74, 6) is 2.51. The van der Waals surface area contributed by atoms with Crippen LogP contribution in [0.5, 0.6) is 0 Å². The van der Waals surface area contributed by atoms with E-state index >= 15 is 0 Å². The number of carbonyl (C=O) groups is 1. The molecule has 250 valence electrons. The Balaban J connectivity index is 0.991. The molecule has 0 spiro atoms. The number of hydrogen-bond donors (Lipinski definition) is 3. The zero-order chi connectivity index (χ0) is 32.4. The lowest BCUT2D eigenvalue weighted by Crippen LogP contribution is -2.61. The standard InChI is InChI=1S/C39H50N4O4/c1-26-35(24-43(2)16-14-34-5-3-4-15-40-34)46-37(47-36(26)32-10-8-28(25-44)9-11-32)33-12-6-27(7-13-33)23-41-38(45)42-39-20-29-17-30(21-39)19-31(18-29)22-39/h3-13,15,26,29-31,35-37,44H,14,16-25H2,1-2H3,(H2,41,42,45). The van der Waals surface area contributed by atoms with Crippen molar-refractivity contribution < 1.29 is 19.4 Å². The summed E-state index contributed by atoms with van der Waals surface area (Å²) in [6.45, 7) is 4.33. The van der Waals surface area contributed by atoms with Crippen molar-refractivity contribution in [3.05, 3.63) is 101 Å². The molecular formula is C39H50N4O4. The van der Waals surface area contributed by atoms with Gasteiger partial charge in [0, 0.05) is 55.0 Å². The van der Waals surface area contributed by atoms with Crippen molar-refractivity contribution in [2.45, 2.75) is 89.1 Å². The molecule has 4 bridgehead atoms. The molecule has 1 aliphatic heterocycles. The molecule has 47 heavy (non-hydrogen) atoms. The zero-order valence-electron chi connectivity index (χ0n) is 27.8. The van der Waals surface area contributed by atoms with E-state index in [0.717, 1.165) is 84.5 Å². The highest BCUT2D eigenvalue weighted by molar-refractivity contribution is 5.75. The van der Waals surface area contributed by atoms with Gasteiger partial charge in [-0.05, 0) is 92.1 Å². The van der Waals surface area contributed by atoms with Gasteiger partial charge in [-0.2, -0.15) is 0 Å². The molecule has 8 heteroatoms. The van der Waals surface area contributed by atoms with E-state index in [-0.39, 0.29) is 36.3 Å². The van der Waals surface area contributed by atoms with Gasteiger partial charge in [0.1, 0.15) is 0 Å². The Morgan fingerprint density at radius 1 is 0.915 bits per heavy atom. The summed E-state index contributed by atoms with van der Waals surface area (Å²) in [5, 5.41) is 16.1. The number of amides is 2. The molecule has 3 aromatic rings. The molecular weight excluding hydrogens is 588 g/mol. The number of aromatic nitrogens is 1. The third-order valence-corrected chi connectivity index (χ3v) is 11.2. The van der Waals surface area contributed by atoms with Crippen molar-refractivity contribution in [3.8, 4) is 0 Å². The van der Waals surface area contributed by atoms with E-state index < -0.39 is 6.29 Å². The van der Waals surface area contributed by atoms with Crippen molar-refractivity contribution >= 4 is 6.03 Å². The number of ether oxygens (including phenoxy) is 2. The number of aliphatic hydroxyl groups is 1. The minimum absolute atomic E-state index is 0.00743. The lowest BCUT2D eigenvalue weighted by molar-refractivity contribution is -0.275. The van der Waals surface area contributed by atoms with E-state index in [1.165, 1.54) is 19.3 Å². The summed E-state index contributed by atoms with van der Waals surface area (Å²) >= 11 is 0. The summed E-state index contributed by atoms with van der Waals surface area (Å²) in [4.78, 5) is 19.8. The SMILES string of the molecule is CC1C(CN(C)CCc2ccccn2)OC(c2ccc(CNC(=O)NC34CC5CC(CC(C5)C3)C4)cc2)OC1c1ccc(CO)cc1. The number of aliphatic hydroxyl groups excluding tert-OH is 1. The molecule has 1 aromatic heterocycles. The van der Waals surface area contributed by atoms with Crippen molar-refractivity contribution in [3.63, 3.8) is 0 Å². The second-order valence-corrected chi connectivity index (χ2v) is 14.9. The highest BCUT2D eigenvalue weighted by atomic mass is 16.7. The van der Waals surface area contributed by atoms with Gasteiger partial charge in [0.2, 0.25) is 0 Å². The van der Waals surface area contributed by atoms with E-state index in [1.807, 2.05) is 30.5 Å². The normalized spacial score (nSPS) is 31.2. The Labute approximate surface area is 279 Å². The fourth-order valence-corrected chi connectivity index (χ4v) is 9.10. The average Bonchev–Trinajstić information content (AvgIpc) is 3.07. The van der Waals surface area contributed by atoms with Crippen molar-refractivity contribution in [1.29, 1.82) is 0 Å². The van der Waals surface area contributed by atoms with Crippen LogP contribution < -0.4 is 10.6 Å². The van der Waals surface area contributed by atoms with Crippen LogP contribution in [0.25, 0.3) is 0 Å². The quantitative estimate of drug-likeness (QED) is 0.228. The predicted octanol–water partition coefficient (Wildman–Crippen LogP) is 6.31. The van der Waals surface area contributed by atoms with Gasteiger partial charge >= 0.3 is 6.03 Å². The number of pyridine rings is 1. The maximum absolute atomic E-state index is 13.0. The summed E-state index contributed by atoms with van der Waals surface area (Å²) in [6.07, 6.45) is 9.51. The van der Waals surface area contributed by atoms with Crippen LogP contribution in [0, 0.1) is 23.7 Å². The van der Waals surface area contributed by atoms with E-state index in [9.17, 15) is 9.90 Å². The largest absolute Gasteiger partial charge is 0.392 e. The molecule has 2 aromatic carbocycles. The Morgan fingerprint density at radius 2 is 1.57 bits per heavy atom. The first-order chi connectivity index (χ1) is 22.8. The van der Waals surface area contributed by atoms with E-state index in [4.69, 9.17) is 9.47 Å². The number of nitrogens with one attached hydrogen (secondary N) is 2. The van der Waals surface area contributed by atoms with Crippen LogP contribution in [-0.4, -0.2) is 52.8 Å². The molecule has 5 aliphatic rings. The molecule has 4 aliphatic carbocycles. The van der Waals surface area contributed by atoms with Crippen LogP contribution in [0.3, 0.4) is 0 Å². The minimum Gasteiger partial charge on any atom is -0.392 e. The van der Waals surface area contributed by atoms with Crippen LogP contribution in [-0.2, 0) is 29.0 Å². The highest BCUT2D eigenvalue weighted by Crippen LogP contribution is 2.55. The molecule has 8 nitrogen and oxygen atoms in total. The third kappa shape index (κ3) is 7.56. The van der Waals surface area contributed by atoms with Gasteiger partial charge in [-0.3, -0.25) is 4.98 Å². The third-order valence-electron chi connectivity index (χ3n) is 11.2. The summed E-state index contributed by atoms with van der Waals surface area (Å²) in [5.41, 5.74) is 5.05. The first-order valence-electron chi connectivity index (χ1n) is 17.6. The van der Waals surface area contributed by atoms with Crippen molar-refractivity contribution in [1.82, 2.24) is 20.5 Å². The lowest BCUT2D eigenvalue weighted by Gasteiger charge is -2.56. The van der Waals surface area contributed by atoms with Gasteiger partial charge in [-0.15, -0.1) is 0 Å². The summed E-state index contributed by atoms with van der Waals surface area (Å²) in [7, 11) is 2.13. The van der Waals surface area contributed by atoms with E-state index in [2.05, 4.69) is 77.0 Å². The van der Waals surface area contributed by atoms with Gasteiger partial charge in [0.05, 0.1) is 18.8 Å². The van der Waals surface area contributed by atoms with Crippen LogP contribution in [0.2, 0.25) is 0 Å². The lowest BCUT2D eigenvalue weighted by atomic mass is 9.53. The molecule has 3 N–H and O–H groups in total. The van der Waals surface area contributed by atoms with Crippen LogP contribution in [0.4, 0.5) is 4.79 Å². The molecule has 8 rings (SSSR count). The smallest absolute Gasteiger partial charge is 0.315 e.